The number of ether oxygens (including phenoxy) is 1. The summed E-state index contributed by atoms with van der Waals surface area (Å²) in [6.45, 7) is 0.212. The quantitative estimate of drug-likeness (QED) is 0.831. The van der Waals surface area contributed by atoms with Crippen LogP contribution in [-0.2, 0) is 0 Å². The highest BCUT2D eigenvalue weighted by Gasteiger charge is 2.08. The van der Waals surface area contributed by atoms with Gasteiger partial charge in [0.1, 0.15) is 12.4 Å². The molecule has 1 atom stereocenters. The van der Waals surface area contributed by atoms with Gasteiger partial charge >= 0.3 is 0 Å². The molecule has 1 N–H and O–H groups in total. The monoisotopic (exact) mass is 295 g/mol. The van der Waals surface area contributed by atoms with Crippen LogP contribution in [0.25, 0.3) is 0 Å². The Morgan fingerprint density at radius 1 is 1.21 bits per heavy atom. The molecule has 0 aliphatic carbocycles. The lowest BCUT2D eigenvalue weighted by molar-refractivity contribution is 0.126. The first-order valence-corrected chi connectivity index (χ1v) is 7.21. The summed E-state index contributed by atoms with van der Waals surface area (Å²) >= 11 is 7.45. The van der Waals surface area contributed by atoms with Crippen LogP contribution in [0.3, 0.4) is 0 Å². The van der Waals surface area contributed by atoms with Crippen LogP contribution >= 0.6 is 23.4 Å². The number of nitrogens with zero attached hydrogens (tertiary/aromatic N) is 1. The first-order chi connectivity index (χ1) is 9.25. The van der Waals surface area contributed by atoms with Crippen molar-refractivity contribution in [3.8, 4) is 5.75 Å². The van der Waals surface area contributed by atoms with Crippen LogP contribution in [0.1, 0.15) is 0 Å². The van der Waals surface area contributed by atoms with Crippen molar-refractivity contribution >= 4 is 23.4 Å². The summed E-state index contributed by atoms with van der Waals surface area (Å²) in [7, 11) is 0. The van der Waals surface area contributed by atoms with Crippen molar-refractivity contribution in [2.24, 2.45) is 0 Å². The van der Waals surface area contributed by atoms with E-state index >= 15 is 0 Å². The third kappa shape index (κ3) is 4.74. The molecule has 1 heterocycles. The van der Waals surface area contributed by atoms with E-state index in [4.69, 9.17) is 16.3 Å². The van der Waals surface area contributed by atoms with Gasteiger partial charge in [-0.25, -0.2) is 4.98 Å². The maximum absolute atomic E-state index is 9.85. The zero-order valence-electron chi connectivity index (χ0n) is 10.2. The van der Waals surface area contributed by atoms with Crippen LogP contribution in [0.4, 0.5) is 0 Å². The average molecular weight is 296 g/mol. The topological polar surface area (TPSA) is 42.4 Å². The van der Waals surface area contributed by atoms with E-state index in [-0.39, 0.29) is 6.61 Å². The number of aliphatic hydroxyl groups excluding tert-OH is 1. The normalized spacial score (nSPS) is 12.1. The van der Waals surface area contributed by atoms with Gasteiger partial charge in [0.15, 0.2) is 0 Å². The fourth-order valence-corrected chi connectivity index (χ4v) is 2.37. The van der Waals surface area contributed by atoms with Crippen molar-refractivity contribution < 1.29 is 9.84 Å². The third-order valence-electron chi connectivity index (χ3n) is 2.33. The molecule has 0 saturated heterocycles. The number of aromatic nitrogens is 1. The van der Waals surface area contributed by atoms with E-state index in [1.165, 1.54) is 11.8 Å². The van der Waals surface area contributed by atoms with Gasteiger partial charge in [0, 0.05) is 11.9 Å². The van der Waals surface area contributed by atoms with Crippen LogP contribution in [0, 0.1) is 0 Å². The van der Waals surface area contributed by atoms with Crippen LogP contribution in [-0.4, -0.2) is 28.6 Å². The molecular formula is C14H14ClNO2S. The number of hydrogen-bond acceptors (Lipinski definition) is 4. The predicted molar refractivity (Wildman–Crippen MR) is 77.9 cm³/mol. The summed E-state index contributed by atoms with van der Waals surface area (Å²) in [4.78, 5) is 4.17. The Bertz CT molecular complexity index is 510. The van der Waals surface area contributed by atoms with Crippen LogP contribution in [0.15, 0.2) is 53.7 Å². The van der Waals surface area contributed by atoms with Gasteiger partial charge in [-0.05, 0) is 24.3 Å². The van der Waals surface area contributed by atoms with E-state index in [2.05, 4.69) is 4.98 Å². The molecular weight excluding hydrogens is 282 g/mol. The number of benzene rings is 1. The molecule has 0 aliphatic rings. The smallest absolute Gasteiger partial charge is 0.138 e. The number of thioether (sulfide) groups is 1. The Balaban J connectivity index is 1.76. The predicted octanol–water partition coefficient (Wildman–Crippen LogP) is 3.27. The maximum Gasteiger partial charge on any atom is 0.138 e. The van der Waals surface area contributed by atoms with Crippen molar-refractivity contribution in [1.82, 2.24) is 4.98 Å². The largest absolute Gasteiger partial charge is 0.489 e. The lowest BCUT2D eigenvalue weighted by Crippen LogP contribution is -2.20. The number of pyridine rings is 1. The SMILES string of the molecule is O[C@@H](COc1ccccc1Cl)CSc1ccccn1. The Morgan fingerprint density at radius 2 is 2.00 bits per heavy atom. The number of aliphatic hydroxyl groups is 1. The average Bonchev–Trinajstić information content (AvgIpc) is 2.45. The van der Waals surface area contributed by atoms with Gasteiger partial charge in [-0.2, -0.15) is 0 Å². The van der Waals surface area contributed by atoms with E-state index in [1.54, 1.807) is 18.3 Å². The van der Waals surface area contributed by atoms with Gasteiger partial charge in [0.2, 0.25) is 0 Å². The minimum Gasteiger partial charge on any atom is -0.489 e. The summed E-state index contributed by atoms with van der Waals surface area (Å²) in [5.41, 5.74) is 0. The van der Waals surface area contributed by atoms with E-state index in [0.29, 0.717) is 16.5 Å². The van der Waals surface area contributed by atoms with Gasteiger partial charge in [-0.15, -0.1) is 11.8 Å². The Kier molecular flexibility index (Phi) is 5.51. The fourth-order valence-electron chi connectivity index (χ4n) is 1.41. The molecule has 2 aromatic rings. The number of halogens is 1. The first-order valence-electron chi connectivity index (χ1n) is 5.85. The number of hydrogen-bond donors (Lipinski definition) is 1. The molecule has 0 fully saturated rings. The highest BCUT2D eigenvalue weighted by molar-refractivity contribution is 7.99. The molecule has 2 rings (SSSR count). The van der Waals surface area contributed by atoms with Gasteiger partial charge in [-0.3, -0.25) is 0 Å². The summed E-state index contributed by atoms with van der Waals surface area (Å²) in [6, 6.07) is 12.9. The molecule has 0 unspecified atom stereocenters. The number of para-hydroxylation sites is 1. The molecule has 1 aromatic carbocycles. The van der Waals surface area contributed by atoms with E-state index in [9.17, 15) is 5.11 Å². The summed E-state index contributed by atoms with van der Waals surface area (Å²) in [5, 5.41) is 11.3. The second-order valence-corrected chi connectivity index (χ2v) is 5.32. The minimum atomic E-state index is -0.566. The van der Waals surface area contributed by atoms with E-state index in [0.717, 1.165) is 5.03 Å². The minimum absolute atomic E-state index is 0.212. The Labute approximate surface area is 121 Å². The Morgan fingerprint density at radius 3 is 2.74 bits per heavy atom. The molecule has 3 nitrogen and oxygen atoms in total. The summed E-state index contributed by atoms with van der Waals surface area (Å²) < 4.78 is 5.47. The molecule has 0 saturated carbocycles. The van der Waals surface area contributed by atoms with Crippen LogP contribution in [0.5, 0.6) is 5.75 Å². The third-order valence-corrected chi connectivity index (χ3v) is 3.73. The summed E-state index contributed by atoms with van der Waals surface area (Å²) in [6.07, 6.45) is 1.16. The zero-order valence-corrected chi connectivity index (χ0v) is 11.8. The van der Waals surface area contributed by atoms with Crippen molar-refractivity contribution in [2.45, 2.75) is 11.1 Å². The lowest BCUT2D eigenvalue weighted by atomic mass is 10.3. The van der Waals surface area contributed by atoms with Crippen molar-refractivity contribution in [3.63, 3.8) is 0 Å². The lowest BCUT2D eigenvalue weighted by Gasteiger charge is -2.12. The van der Waals surface area contributed by atoms with Gasteiger partial charge in [0.25, 0.3) is 0 Å². The second kappa shape index (κ2) is 7.38. The van der Waals surface area contributed by atoms with Crippen LogP contribution in [0.2, 0.25) is 5.02 Å². The summed E-state index contributed by atoms with van der Waals surface area (Å²) in [5.74, 6) is 1.12. The highest BCUT2D eigenvalue weighted by Crippen LogP contribution is 2.23. The molecule has 19 heavy (non-hydrogen) atoms. The molecule has 0 radical (unpaired) electrons. The van der Waals surface area contributed by atoms with Crippen molar-refractivity contribution in [2.75, 3.05) is 12.4 Å². The zero-order chi connectivity index (χ0) is 13.5. The molecule has 0 amide bonds. The van der Waals surface area contributed by atoms with Crippen molar-refractivity contribution in [1.29, 1.82) is 0 Å². The molecule has 5 heteroatoms. The first kappa shape index (κ1) is 14.2. The second-order valence-electron chi connectivity index (χ2n) is 3.87. The van der Waals surface area contributed by atoms with Crippen LogP contribution < -0.4 is 4.74 Å². The van der Waals surface area contributed by atoms with E-state index < -0.39 is 6.10 Å². The molecule has 0 bridgehead atoms. The van der Waals surface area contributed by atoms with Gasteiger partial charge < -0.3 is 9.84 Å². The standard InChI is InChI=1S/C14H14ClNO2S/c15-12-5-1-2-6-13(12)18-9-11(17)10-19-14-7-3-4-8-16-14/h1-8,11,17H,9-10H2/t11-/m0/s1. The number of rotatable bonds is 6. The molecule has 0 spiro atoms. The molecule has 1 aromatic heterocycles. The van der Waals surface area contributed by atoms with E-state index in [1.807, 2.05) is 30.3 Å². The molecule has 100 valence electrons. The van der Waals surface area contributed by atoms with Crippen molar-refractivity contribution in [3.05, 3.63) is 53.7 Å². The molecule has 0 aliphatic heterocycles. The fraction of sp³-hybridized carbons (Fsp3) is 0.214. The maximum atomic E-state index is 9.85. The van der Waals surface area contributed by atoms with Gasteiger partial charge in [-0.1, -0.05) is 29.8 Å². The highest BCUT2D eigenvalue weighted by atomic mass is 35.5. The Hall–Kier alpha value is -1.23. The van der Waals surface area contributed by atoms with Gasteiger partial charge in [0.05, 0.1) is 16.2 Å².